The van der Waals surface area contributed by atoms with Crippen LogP contribution in [0.15, 0.2) is 0 Å². The van der Waals surface area contributed by atoms with E-state index in [1.807, 2.05) is 0 Å². The number of carbonyl (C=O) groups is 3. The van der Waals surface area contributed by atoms with Gasteiger partial charge in [0.05, 0.1) is 0 Å². The van der Waals surface area contributed by atoms with E-state index >= 15 is 0 Å². The van der Waals surface area contributed by atoms with Crippen molar-refractivity contribution in [2.45, 2.75) is 438 Å². The molecule has 0 spiro atoms. The van der Waals surface area contributed by atoms with Crippen molar-refractivity contribution in [3.8, 4) is 0 Å². The van der Waals surface area contributed by atoms with Crippen LogP contribution < -0.4 is 0 Å². The Morgan fingerprint density at radius 2 is 0.342 bits per heavy atom. The van der Waals surface area contributed by atoms with Crippen LogP contribution in [0.2, 0.25) is 0 Å². The monoisotopic (exact) mass is 1120 g/mol. The molecule has 0 aromatic carbocycles. The molecule has 0 aromatic heterocycles. The third-order valence-corrected chi connectivity index (χ3v) is 17.1. The molecule has 0 atom stereocenters. The Bertz CT molecular complexity index is 1130. The van der Waals surface area contributed by atoms with Gasteiger partial charge in [-0.2, -0.15) is 0 Å². The topological polar surface area (TPSA) is 78.9 Å². The van der Waals surface area contributed by atoms with E-state index in [0.29, 0.717) is 19.3 Å². The quantitative estimate of drug-likeness (QED) is 0.0343. The second kappa shape index (κ2) is 68.9. The zero-order valence-corrected chi connectivity index (χ0v) is 54.2. The summed E-state index contributed by atoms with van der Waals surface area (Å²) in [7, 11) is 0. The molecule has 0 saturated carbocycles. The Morgan fingerprint density at radius 3 is 0.506 bits per heavy atom. The van der Waals surface area contributed by atoms with E-state index in [2.05, 4.69) is 20.8 Å². The highest BCUT2D eigenvalue weighted by Gasteiger charge is 2.20. The van der Waals surface area contributed by atoms with Crippen molar-refractivity contribution in [2.24, 2.45) is 0 Å². The molecular weight excluding hydrogens is 973 g/mol. The first-order chi connectivity index (χ1) is 39.0. The third kappa shape index (κ3) is 67.1. The number of unbranched alkanes of at least 4 members (excludes halogenated alkanes) is 58. The smallest absolute Gasteiger partial charge is 0.306 e. The van der Waals surface area contributed by atoms with Gasteiger partial charge in [0.25, 0.3) is 0 Å². The van der Waals surface area contributed by atoms with E-state index in [0.717, 1.165) is 57.8 Å². The van der Waals surface area contributed by atoms with Crippen molar-refractivity contribution in [3.63, 3.8) is 0 Å². The minimum Gasteiger partial charge on any atom is -0.462 e. The second-order valence-electron chi connectivity index (χ2n) is 25.2. The van der Waals surface area contributed by atoms with Crippen LogP contribution in [0.25, 0.3) is 0 Å². The fourth-order valence-electron chi connectivity index (χ4n) is 11.6. The zero-order chi connectivity index (χ0) is 57.1. The number of esters is 3. The van der Waals surface area contributed by atoms with Crippen molar-refractivity contribution >= 4 is 17.9 Å². The lowest BCUT2D eigenvalue weighted by Crippen LogP contribution is -2.30. The largest absolute Gasteiger partial charge is 0.462 e. The molecule has 0 aliphatic carbocycles. The molecule has 0 saturated heterocycles. The van der Waals surface area contributed by atoms with Gasteiger partial charge in [0.1, 0.15) is 13.2 Å². The molecule has 0 N–H and O–H groups in total. The van der Waals surface area contributed by atoms with E-state index in [9.17, 15) is 14.4 Å². The van der Waals surface area contributed by atoms with Gasteiger partial charge < -0.3 is 14.2 Å². The first-order valence-electron chi connectivity index (χ1n) is 36.5. The summed E-state index contributed by atoms with van der Waals surface area (Å²) in [5.41, 5.74) is 0. The summed E-state index contributed by atoms with van der Waals surface area (Å²) in [5.74, 6) is -0.815. The Morgan fingerprint density at radius 1 is 0.203 bits per heavy atom. The lowest BCUT2D eigenvalue weighted by molar-refractivity contribution is -0.167. The fraction of sp³-hybridized carbons (Fsp3) is 0.959. The summed E-state index contributed by atoms with van der Waals surface area (Å²) in [6.07, 6.45) is 81.3. The van der Waals surface area contributed by atoms with E-state index < -0.39 is 6.10 Å². The molecule has 0 aromatic rings. The summed E-state index contributed by atoms with van der Waals surface area (Å²) >= 11 is 0. The fourth-order valence-corrected chi connectivity index (χ4v) is 11.6. The van der Waals surface area contributed by atoms with Crippen LogP contribution in [0.3, 0.4) is 0 Å². The SMILES string of the molecule is CCCCCCCCCCCCCCCCCCCCCCCC(=O)OCC(COC(=O)CCCCCCCCCCCCCCCCCCCCCCC)OC(=O)CCCCCCCCCCCCCCCCCCCCC. The predicted octanol–water partition coefficient (Wildman–Crippen LogP) is 25.0. The van der Waals surface area contributed by atoms with Crippen LogP contribution in [0.4, 0.5) is 0 Å². The van der Waals surface area contributed by atoms with Crippen molar-refractivity contribution in [3.05, 3.63) is 0 Å². The number of rotatable bonds is 69. The van der Waals surface area contributed by atoms with Crippen LogP contribution >= 0.6 is 0 Å². The van der Waals surface area contributed by atoms with Crippen LogP contribution in [0.1, 0.15) is 432 Å². The average Bonchev–Trinajstić information content (AvgIpc) is 3.45. The number of carbonyl (C=O) groups excluding carboxylic acids is 3. The summed E-state index contributed by atoms with van der Waals surface area (Å²) < 4.78 is 17.0. The summed E-state index contributed by atoms with van der Waals surface area (Å²) in [6, 6.07) is 0. The molecule has 79 heavy (non-hydrogen) atoms. The number of hydrogen-bond donors (Lipinski definition) is 0. The Labute approximate surface area is 495 Å². The zero-order valence-electron chi connectivity index (χ0n) is 54.2. The van der Waals surface area contributed by atoms with E-state index in [1.165, 1.54) is 334 Å². The molecule has 0 bridgehead atoms. The van der Waals surface area contributed by atoms with Crippen molar-refractivity contribution in [1.29, 1.82) is 0 Å². The third-order valence-electron chi connectivity index (χ3n) is 17.1. The van der Waals surface area contributed by atoms with Gasteiger partial charge in [-0.25, -0.2) is 0 Å². The van der Waals surface area contributed by atoms with Gasteiger partial charge in [0, 0.05) is 19.3 Å². The maximum atomic E-state index is 13.0. The normalized spacial score (nSPS) is 11.5. The summed E-state index contributed by atoms with van der Waals surface area (Å²) in [4.78, 5) is 38.5. The van der Waals surface area contributed by atoms with Crippen LogP contribution in [0, 0.1) is 0 Å². The molecule has 470 valence electrons. The van der Waals surface area contributed by atoms with Gasteiger partial charge in [-0.1, -0.05) is 393 Å². The standard InChI is InChI=1S/C73H142O6/c1-4-7-10-13-16-19-22-25-28-31-34-36-39-41-44-47-50-53-56-59-62-65-71(74)77-68-70(79-73(76)67-64-61-58-55-52-49-46-43-38-33-30-27-24-21-18-15-12-9-6-3)69-78-72(75)66-63-60-57-54-51-48-45-42-40-37-35-32-29-26-23-20-17-14-11-8-5-2/h70H,4-69H2,1-3H3. The summed E-state index contributed by atoms with van der Waals surface area (Å²) in [5, 5.41) is 0. The van der Waals surface area contributed by atoms with Gasteiger partial charge in [0.15, 0.2) is 6.10 Å². The molecular formula is C73H142O6. The van der Waals surface area contributed by atoms with Crippen LogP contribution in [-0.2, 0) is 28.6 Å². The maximum Gasteiger partial charge on any atom is 0.306 e. The maximum absolute atomic E-state index is 13.0. The highest BCUT2D eigenvalue weighted by Crippen LogP contribution is 2.20. The highest BCUT2D eigenvalue weighted by molar-refractivity contribution is 5.71. The molecule has 6 heteroatoms. The van der Waals surface area contributed by atoms with Gasteiger partial charge in [-0.15, -0.1) is 0 Å². The molecule has 0 amide bonds. The molecule has 0 rings (SSSR count). The first-order valence-corrected chi connectivity index (χ1v) is 36.5. The van der Waals surface area contributed by atoms with Crippen molar-refractivity contribution in [2.75, 3.05) is 13.2 Å². The molecule has 0 fully saturated rings. The summed E-state index contributed by atoms with van der Waals surface area (Å²) in [6.45, 7) is 6.76. The minimum atomic E-state index is -0.764. The van der Waals surface area contributed by atoms with Crippen molar-refractivity contribution in [1.82, 2.24) is 0 Å². The number of hydrogen-bond acceptors (Lipinski definition) is 6. The lowest BCUT2D eigenvalue weighted by Gasteiger charge is -2.18. The first kappa shape index (κ1) is 77.4. The van der Waals surface area contributed by atoms with Gasteiger partial charge >= 0.3 is 17.9 Å². The Kier molecular flexibility index (Phi) is 67.5. The van der Waals surface area contributed by atoms with Crippen molar-refractivity contribution < 1.29 is 28.6 Å². The Balaban J connectivity index is 4.26. The number of ether oxygens (including phenoxy) is 3. The highest BCUT2D eigenvalue weighted by atomic mass is 16.6. The molecule has 0 unspecified atom stereocenters. The molecule has 0 aliphatic heterocycles. The van der Waals surface area contributed by atoms with Gasteiger partial charge in [-0.05, 0) is 19.3 Å². The second-order valence-corrected chi connectivity index (χ2v) is 25.2. The Hall–Kier alpha value is -1.59. The molecule has 0 radical (unpaired) electrons. The molecule has 0 aliphatic rings. The predicted molar refractivity (Wildman–Crippen MR) is 344 cm³/mol. The van der Waals surface area contributed by atoms with E-state index in [4.69, 9.17) is 14.2 Å². The average molecular weight is 1120 g/mol. The van der Waals surface area contributed by atoms with Crippen LogP contribution in [-0.4, -0.2) is 37.2 Å². The van der Waals surface area contributed by atoms with Crippen LogP contribution in [0.5, 0.6) is 0 Å². The molecule has 6 nitrogen and oxygen atoms in total. The minimum absolute atomic E-state index is 0.0599. The molecule has 0 heterocycles. The lowest BCUT2D eigenvalue weighted by atomic mass is 10.0. The van der Waals surface area contributed by atoms with Gasteiger partial charge in [0.2, 0.25) is 0 Å². The van der Waals surface area contributed by atoms with E-state index in [1.54, 1.807) is 0 Å². The van der Waals surface area contributed by atoms with Gasteiger partial charge in [-0.3, -0.25) is 14.4 Å². The van der Waals surface area contributed by atoms with E-state index in [-0.39, 0.29) is 31.1 Å².